The summed E-state index contributed by atoms with van der Waals surface area (Å²) < 4.78 is 28.7. The van der Waals surface area contributed by atoms with Gasteiger partial charge in [0.25, 0.3) is 0 Å². The van der Waals surface area contributed by atoms with E-state index in [1.165, 1.54) is 0 Å². The molecule has 1 saturated carbocycles. The third kappa shape index (κ3) is 2.16. The molecule has 0 saturated heterocycles. The highest BCUT2D eigenvalue weighted by molar-refractivity contribution is 5.75. The van der Waals surface area contributed by atoms with E-state index in [1.54, 1.807) is 13.8 Å². The van der Waals surface area contributed by atoms with E-state index in [1.807, 2.05) is 0 Å². The van der Waals surface area contributed by atoms with Gasteiger partial charge in [0.15, 0.2) is 0 Å². The molecule has 1 rings (SSSR count). The van der Waals surface area contributed by atoms with Crippen LogP contribution in [-0.2, 0) is 9.53 Å². The molecule has 2 nitrogen and oxygen atoms in total. The van der Waals surface area contributed by atoms with Gasteiger partial charge in [-0.05, 0) is 20.3 Å². The average molecular weight is 178 g/mol. The van der Waals surface area contributed by atoms with Crippen molar-refractivity contribution in [1.29, 1.82) is 0 Å². The predicted octanol–water partition coefficient (Wildman–Crippen LogP) is 1.84. The van der Waals surface area contributed by atoms with E-state index in [4.69, 9.17) is 4.74 Å². The molecule has 4 heteroatoms. The van der Waals surface area contributed by atoms with E-state index in [-0.39, 0.29) is 12.5 Å². The third-order valence-electron chi connectivity index (χ3n) is 1.82. The van der Waals surface area contributed by atoms with Gasteiger partial charge in [0, 0.05) is 5.92 Å². The van der Waals surface area contributed by atoms with Gasteiger partial charge in [-0.1, -0.05) is 0 Å². The monoisotopic (exact) mass is 178 g/mol. The Hall–Kier alpha value is -0.670. The van der Waals surface area contributed by atoms with E-state index < -0.39 is 24.2 Å². The SMILES string of the molecule is CC(C)OC(=O)[C@H]1C[C@H]1C(F)F. The van der Waals surface area contributed by atoms with Crippen LogP contribution < -0.4 is 0 Å². The average Bonchev–Trinajstić information content (AvgIpc) is 2.61. The molecular weight excluding hydrogens is 166 g/mol. The molecule has 0 aromatic rings. The van der Waals surface area contributed by atoms with E-state index in [0.717, 1.165) is 0 Å². The fourth-order valence-corrected chi connectivity index (χ4v) is 1.08. The van der Waals surface area contributed by atoms with Gasteiger partial charge in [-0.15, -0.1) is 0 Å². The molecular formula is C8H12F2O2. The molecule has 0 aromatic carbocycles. The first-order valence-corrected chi connectivity index (χ1v) is 4.01. The Bertz CT molecular complexity index is 180. The minimum Gasteiger partial charge on any atom is -0.463 e. The molecule has 0 heterocycles. The second-order valence-corrected chi connectivity index (χ2v) is 3.33. The standard InChI is InChI=1S/C8H12F2O2/c1-4(2)12-8(11)6-3-5(6)7(9)10/h4-7H,3H2,1-2H3/t5-,6+/m1/s1. The van der Waals surface area contributed by atoms with Crippen LogP contribution in [0, 0.1) is 11.8 Å². The highest BCUT2D eigenvalue weighted by Gasteiger charge is 2.50. The van der Waals surface area contributed by atoms with E-state index in [0.29, 0.717) is 0 Å². The van der Waals surface area contributed by atoms with Crippen LogP contribution >= 0.6 is 0 Å². The lowest BCUT2D eigenvalue weighted by Gasteiger charge is -2.06. The Morgan fingerprint density at radius 3 is 2.42 bits per heavy atom. The van der Waals surface area contributed by atoms with Gasteiger partial charge in [-0.3, -0.25) is 4.79 Å². The first kappa shape index (κ1) is 9.42. The summed E-state index contributed by atoms with van der Waals surface area (Å²) in [4.78, 5) is 11.0. The zero-order valence-corrected chi connectivity index (χ0v) is 7.09. The molecule has 70 valence electrons. The smallest absolute Gasteiger partial charge is 0.309 e. The molecule has 0 aliphatic heterocycles. The molecule has 1 fully saturated rings. The summed E-state index contributed by atoms with van der Waals surface area (Å²) in [5, 5.41) is 0. The Morgan fingerprint density at radius 2 is 2.08 bits per heavy atom. The first-order valence-electron chi connectivity index (χ1n) is 4.01. The van der Waals surface area contributed by atoms with Crippen molar-refractivity contribution in [1.82, 2.24) is 0 Å². The topological polar surface area (TPSA) is 26.3 Å². The van der Waals surface area contributed by atoms with Crippen molar-refractivity contribution < 1.29 is 18.3 Å². The molecule has 2 atom stereocenters. The Kier molecular flexibility index (Phi) is 2.65. The molecule has 1 aliphatic rings. The Labute approximate surface area is 69.9 Å². The second kappa shape index (κ2) is 3.37. The van der Waals surface area contributed by atoms with Gasteiger partial charge in [0.1, 0.15) is 0 Å². The molecule has 0 unspecified atom stereocenters. The maximum absolute atomic E-state index is 12.0. The second-order valence-electron chi connectivity index (χ2n) is 3.33. The summed E-state index contributed by atoms with van der Waals surface area (Å²) in [6.45, 7) is 3.41. The van der Waals surface area contributed by atoms with Crippen molar-refractivity contribution in [2.24, 2.45) is 11.8 Å². The van der Waals surface area contributed by atoms with Crippen LogP contribution in [0.3, 0.4) is 0 Å². The van der Waals surface area contributed by atoms with Crippen LogP contribution in [-0.4, -0.2) is 18.5 Å². The number of hydrogen-bond donors (Lipinski definition) is 0. The number of carbonyl (C=O) groups excluding carboxylic acids is 1. The Balaban J connectivity index is 2.29. The summed E-state index contributed by atoms with van der Waals surface area (Å²) in [5.41, 5.74) is 0. The number of alkyl halides is 2. The van der Waals surface area contributed by atoms with Gasteiger partial charge in [0.05, 0.1) is 12.0 Å². The fourth-order valence-electron chi connectivity index (χ4n) is 1.08. The van der Waals surface area contributed by atoms with Crippen LogP contribution in [0.25, 0.3) is 0 Å². The van der Waals surface area contributed by atoms with Crippen molar-refractivity contribution in [3.63, 3.8) is 0 Å². The van der Waals surface area contributed by atoms with Crippen molar-refractivity contribution in [2.75, 3.05) is 0 Å². The van der Waals surface area contributed by atoms with E-state index in [2.05, 4.69) is 0 Å². The van der Waals surface area contributed by atoms with Crippen molar-refractivity contribution in [2.45, 2.75) is 32.8 Å². The van der Waals surface area contributed by atoms with Gasteiger partial charge < -0.3 is 4.74 Å². The van der Waals surface area contributed by atoms with Gasteiger partial charge in [-0.2, -0.15) is 0 Å². The summed E-state index contributed by atoms with van der Waals surface area (Å²) in [7, 11) is 0. The van der Waals surface area contributed by atoms with Crippen LogP contribution in [0.4, 0.5) is 8.78 Å². The minimum absolute atomic E-state index is 0.212. The summed E-state index contributed by atoms with van der Waals surface area (Å²) in [6, 6.07) is 0. The molecule has 1 aliphatic carbocycles. The first-order chi connectivity index (χ1) is 5.52. The molecule has 0 spiro atoms. The zero-order valence-electron chi connectivity index (χ0n) is 7.09. The zero-order chi connectivity index (χ0) is 9.30. The summed E-state index contributed by atoms with van der Waals surface area (Å²) in [5.74, 6) is -1.78. The maximum atomic E-state index is 12.0. The van der Waals surface area contributed by atoms with Crippen molar-refractivity contribution >= 4 is 5.97 Å². The molecule has 0 aromatic heterocycles. The van der Waals surface area contributed by atoms with Crippen LogP contribution in [0.5, 0.6) is 0 Å². The fraction of sp³-hybridized carbons (Fsp3) is 0.875. The molecule has 12 heavy (non-hydrogen) atoms. The largest absolute Gasteiger partial charge is 0.463 e. The van der Waals surface area contributed by atoms with Crippen molar-refractivity contribution in [3.8, 4) is 0 Å². The number of halogens is 2. The summed E-state index contributed by atoms with van der Waals surface area (Å²) in [6.07, 6.45) is -2.31. The normalized spacial score (nSPS) is 27.8. The van der Waals surface area contributed by atoms with E-state index >= 15 is 0 Å². The Morgan fingerprint density at radius 1 is 1.50 bits per heavy atom. The third-order valence-corrected chi connectivity index (χ3v) is 1.82. The van der Waals surface area contributed by atoms with Crippen LogP contribution in [0.1, 0.15) is 20.3 Å². The van der Waals surface area contributed by atoms with Gasteiger partial charge in [0.2, 0.25) is 6.43 Å². The number of hydrogen-bond acceptors (Lipinski definition) is 2. The molecule has 0 N–H and O–H groups in total. The lowest BCUT2D eigenvalue weighted by Crippen LogP contribution is -2.15. The van der Waals surface area contributed by atoms with E-state index in [9.17, 15) is 13.6 Å². The van der Waals surface area contributed by atoms with Crippen LogP contribution in [0.15, 0.2) is 0 Å². The number of ether oxygens (including phenoxy) is 1. The summed E-state index contributed by atoms with van der Waals surface area (Å²) >= 11 is 0. The lowest BCUT2D eigenvalue weighted by molar-refractivity contribution is -0.149. The highest BCUT2D eigenvalue weighted by Crippen LogP contribution is 2.43. The maximum Gasteiger partial charge on any atom is 0.309 e. The highest BCUT2D eigenvalue weighted by atomic mass is 19.3. The van der Waals surface area contributed by atoms with Gasteiger partial charge >= 0.3 is 5.97 Å². The quantitative estimate of drug-likeness (QED) is 0.616. The predicted molar refractivity (Wildman–Crippen MR) is 38.8 cm³/mol. The van der Waals surface area contributed by atoms with Crippen molar-refractivity contribution in [3.05, 3.63) is 0 Å². The van der Waals surface area contributed by atoms with Crippen LogP contribution in [0.2, 0.25) is 0 Å². The minimum atomic E-state index is -2.38. The number of rotatable bonds is 3. The molecule has 0 radical (unpaired) electrons. The molecule has 0 amide bonds. The van der Waals surface area contributed by atoms with Gasteiger partial charge in [-0.25, -0.2) is 8.78 Å². The number of carbonyl (C=O) groups is 1. The molecule has 0 bridgehead atoms. The number of esters is 1. The lowest BCUT2D eigenvalue weighted by atomic mass is 10.3.